The van der Waals surface area contributed by atoms with E-state index in [1.165, 1.54) is 11.8 Å². The van der Waals surface area contributed by atoms with Gasteiger partial charge in [0.1, 0.15) is 5.75 Å². The maximum absolute atomic E-state index is 13.1. The third-order valence-corrected chi connectivity index (χ3v) is 6.38. The lowest BCUT2D eigenvalue weighted by molar-refractivity contribution is -0.115. The summed E-state index contributed by atoms with van der Waals surface area (Å²) in [5, 5.41) is 12.1. The Balaban J connectivity index is 1.56. The van der Waals surface area contributed by atoms with E-state index in [-0.39, 0.29) is 5.91 Å². The van der Waals surface area contributed by atoms with E-state index in [1.807, 2.05) is 90.4 Å². The van der Waals surface area contributed by atoms with Gasteiger partial charge in [0, 0.05) is 17.8 Å². The van der Waals surface area contributed by atoms with Gasteiger partial charge in [0.05, 0.1) is 17.9 Å². The monoisotopic (exact) mass is 470 g/mol. The minimum absolute atomic E-state index is 0.111. The third kappa shape index (κ3) is 5.05. The van der Waals surface area contributed by atoms with E-state index >= 15 is 0 Å². The number of amides is 1. The van der Waals surface area contributed by atoms with Crippen LogP contribution in [-0.4, -0.2) is 33.0 Å². The molecular formula is C27H26N4O2S. The highest BCUT2D eigenvalue weighted by Crippen LogP contribution is 2.33. The molecule has 1 heterocycles. The van der Waals surface area contributed by atoms with Crippen molar-refractivity contribution in [1.29, 1.82) is 0 Å². The van der Waals surface area contributed by atoms with Crippen molar-refractivity contribution in [3.05, 3.63) is 91.5 Å². The summed E-state index contributed by atoms with van der Waals surface area (Å²) in [6.07, 6.45) is 1.78. The Morgan fingerprint density at radius 1 is 1.03 bits per heavy atom. The van der Waals surface area contributed by atoms with E-state index in [0.717, 1.165) is 22.4 Å². The van der Waals surface area contributed by atoms with Gasteiger partial charge < -0.3 is 10.1 Å². The number of thioether (sulfide) groups is 1. The summed E-state index contributed by atoms with van der Waals surface area (Å²) in [6.45, 7) is 6.24. The van der Waals surface area contributed by atoms with Gasteiger partial charge in [0.25, 0.3) is 0 Å². The number of anilines is 1. The highest BCUT2D eigenvalue weighted by Gasteiger charge is 2.22. The summed E-state index contributed by atoms with van der Waals surface area (Å²) >= 11 is 1.36. The maximum atomic E-state index is 13.1. The smallest absolute Gasteiger partial charge is 0.237 e. The lowest BCUT2D eigenvalue weighted by Gasteiger charge is -2.15. The van der Waals surface area contributed by atoms with Crippen molar-refractivity contribution in [2.75, 3.05) is 12.4 Å². The molecule has 0 aliphatic rings. The van der Waals surface area contributed by atoms with E-state index in [4.69, 9.17) is 4.74 Å². The number of hydrogen-bond donors (Lipinski definition) is 1. The Labute approximate surface area is 203 Å². The van der Waals surface area contributed by atoms with Crippen LogP contribution in [0.15, 0.2) is 96.7 Å². The molecule has 172 valence electrons. The number of hydrogen-bond acceptors (Lipinski definition) is 5. The normalized spacial score (nSPS) is 11.6. The molecule has 6 nitrogen and oxygen atoms in total. The second kappa shape index (κ2) is 10.9. The lowest BCUT2D eigenvalue weighted by atomic mass is 10.0. The second-order valence-corrected chi connectivity index (χ2v) is 8.87. The molecule has 0 saturated heterocycles. The summed E-state index contributed by atoms with van der Waals surface area (Å²) in [6, 6.07) is 25.5. The molecule has 0 bridgehead atoms. The third-order valence-electron chi connectivity index (χ3n) is 5.30. The van der Waals surface area contributed by atoms with Gasteiger partial charge in [-0.3, -0.25) is 9.36 Å². The molecule has 7 heteroatoms. The van der Waals surface area contributed by atoms with Crippen LogP contribution in [0.2, 0.25) is 0 Å². The van der Waals surface area contributed by atoms with Gasteiger partial charge in [-0.2, -0.15) is 0 Å². The molecule has 4 aromatic rings. The number of carbonyl (C=O) groups is 1. The molecule has 34 heavy (non-hydrogen) atoms. The van der Waals surface area contributed by atoms with Crippen LogP contribution in [0.4, 0.5) is 5.69 Å². The highest BCUT2D eigenvalue weighted by atomic mass is 32.2. The average Bonchev–Trinajstić information content (AvgIpc) is 3.26. The molecule has 4 rings (SSSR count). The van der Waals surface area contributed by atoms with E-state index in [2.05, 4.69) is 22.1 Å². The van der Waals surface area contributed by atoms with Crippen LogP contribution in [0.5, 0.6) is 5.75 Å². The molecule has 0 saturated carbocycles. The van der Waals surface area contributed by atoms with E-state index in [9.17, 15) is 4.79 Å². The number of allylic oxidation sites excluding steroid dienone is 1. The summed E-state index contributed by atoms with van der Waals surface area (Å²) in [5.41, 5.74) is 3.63. The Morgan fingerprint density at radius 2 is 1.71 bits per heavy atom. The molecule has 1 aromatic heterocycles. The van der Waals surface area contributed by atoms with Gasteiger partial charge in [-0.05, 0) is 30.7 Å². The van der Waals surface area contributed by atoms with Gasteiger partial charge in [-0.25, -0.2) is 0 Å². The van der Waals surface area contributed by atoms with Crippen LogP contribution < -0.4 is 10.1 Å². The van der Waals surface area contributed by atoms with Gasteiger partial charge in [0.15, 0.2) is 11.0 Å². The van der Waals surface area contributed by atoms with Crippen LogP contribution >= 0.6 is 11.8 Å². The van der Waals surface area contributed by atoms with Crippen molar-refractivity contribution >= 4 is 23.4 Å². The highest BCUT2D eigenvalue weighted by molar-refractivity contribution is 8.00. The number of carbonyl (C=O) groups excluding carboxylic acids is 1. The van der Waals surface area contributed by atoms with Gasteiger partial charge >= 0.3 is 0 Å². The van der Waals surface area contributed by atoms with Gasteiger partial charge in [0.2, 0.25) is 5.91 Å². The van der Waals surface area contributed by atoms with Crippen LogP contribution in [-0.2, 0) is 11.3 Å². The number of aromatic nitrogens is 3. The fourth-order valence-corrected chi connectivity index (χ4v) is 4.46. The number of nitrogens with one attached hydrogen (secondary N) is 1. The van der Waals surface area contributed by atoms with Crippen molar-refractivity contribution in [2.45, 2.75) is 23.9 Å². The minimum Gasteiger partial charge on any atom is -0.496 e. The molecule has 0 unspecified atom stereocenters. The largest absolute Gasteiger partial charge is 0.496 e. The topological polar surface area (TPSA) is 69.0 Å². The first kappa shape index (κ1) is 23.3. The molecule has 3 aromatic carbocycles. The fourth-order valence-electron chi connectivity index (χ4n) is 3.61. The molecule has 0 radical (unpaired) electrons. The summed E-state index contributed by atoms with van der Waals surface area (Å²) in [7, 11) is 1.63. The number of ether oxygens (including phenoxy) is 1. The number of para-hydroxylation sites is 2. The molecule has 1 atom stereocenters. The zero-order valence-corrected chi connectivity index (χ0v) is 20.0. The number of benzene rings is 3. The predicted octanol–water partition coefficient (Wildman–Crippen LogP) is 5.93. The standard InChI is InChI=1S/C27H26N4O2S/c1-4-18-31-25(22-15-9-11-17-24(22)33-3)29-30-27(31)34-19(2)26(32)28-23-16-10-8-14-21(23)20-12-6-5-7-13-20/h4-17,19H,1,18H2,2-3H3,(H,28,32)/t19-/m1/s1. The zero-order chi connectivity index (χ0) is 23.9. The molecular weight excluding hydrogens is 444 g/mol. The minimum atomic E-state index is -0.401. The molecule has 1 amide bonds. The maximum Gasteiger partial charge on any atom is 0.237 e. The van der Waals surface area contributed by atoms with Gasteiger partial charge in [-0.1, -0.05) is 78.5 Å². The average molecular weight is 471 g/mol. The molecule has 0 aliphatic carbocycles. The molecule has 1 N–H and O–H groups in total. The van der Waals surface area contributed by atoms with Gasteiger partial charge in [-0.15, -0.1) is 16.8 Å². The Kier molecular flexibility index (Phi) is 7.44. The quantitative estimate of drug-likeness (QED) is 0.243. The second-order valence-electron chi connectivity index (χ2n) is 7.57. The van der Waals surface area contributed by atoms with Crippen LogP contribution in [0.3, 0.4) is 0 Å². The SMILES string of the molecule is C=CCn1c(S[C@H](C)C(=O)Nc2ccccc2-c2ccccc2)nnc1-c1ccccc1OC. The molecule has 0 fully saturated rings. The van der Waals surface area contributed by atoms with Crippen molar-refractivity contribution in [2.24, 2.45) is 0 Å². The first-order chi connectivity index (χ1) is 16.6. The summed E-state index contributed by atoms with van der Waals surface area (Å²) in [5.74, 6) is 1.27. The number of methoxy groups -OCH3 is 1. The van der Waals surface area contributed by atoms with Crippen LogP contribution in [0.25, 0.3) is 22.5 Å². The predicted molar refractivity (Wildman–Crippen MR) is 138 cm³/mol. The van der Waals surface area contributed by atoms with Crippen LogP contribution in [0, 0.1) is 0 Å². The van der Waals surface area contributed by atoms with Crippen molar-refractivity contribution in [3.8, 4) is 28.3 Å². The molecule has 0 spiro atoms. The Bertz CT molecular complexity index is 1290. The summed E-state index contributed by atoms with van der Waals surface area (Å²) < 4.78 is 7.44. The first-order valence-corrected chi connectivity index (χ1v) is 11.8. The first-order valence-electron chi connectivity index (χ1n) is 10.9. The van der Waals surface area contributed by atoms with E-state index < -0.39 is 5.25 Å². The van der Waals surface area contributed by atoms with Crippen molar-refractivity contribution < 1.29 is 9.53 Å². The van der Waals surface area contributed by atoms with Crippen molar-refractivity contribution in [3.63, 3.8) is 0 Å². The molecule has 0 aliphatic heterocycles. The Hall–Kier alpha value is -3.84. The number of rotatable bonds is 9. The fraction of sp³-hybridized carbons (Fsp3) is 0.148. The summed E-state index contributed by atoms with van der Waals surface area (Å²) in [4.78, 5) is 13.1. The Morgan fingerprint density at radius 3 is 2.44 bits per heavy atom. The lowest BCUT2D eigenvalue weighted by Crippen LogP contribution is -2.23. The number of nitrogens with zero attached hydrogens (tertiary/aromatic N) is 3. The zero-order valence-electron chi connectivity index (χ0n) is 19.1. The van der Waals surface area contributed by atoms with E-state index in [0.29, 0.717) is 23.3 Å². The van der Waals surface area contributed by atoms with Crippen molar-refractivity contribution in [1.82, 2.24) is 14.8 Å². The van der Waals surface area contributed by atoms with Crippen LogP contribution in [0.1, 0.15) is 6.92 Å². The van der Waals surface area contributed by atoms with E-state index in [1.54, 1.807) is 13.2 Å².